The fraction of sp³-hybridized carbons (Fsp3) is 0.984. The van der Waals surface area contributed by atoms with Gasteiger partial charge in [0.1, 0.15) is 0 Å². The summed E-state index contributed by atoms with van der Waals surface area (Å²) in [4.78, 5) is 0. The van der Waals surface area contributed by atoms with Crippen LogP contribution in [0.25, 0.3) is 0 Å². The predicted molar refractivity (Wildman–Crippen MR) is 320 cm³/mol. The molecule has 444 valence electrons. The molecule has 0 amide bonds. The van der Waals surface area contributed by atoms with E-state index in [2.05, 4.69) is 98.0 Å². The normalized spacial score (nSPS) is 11.4. The molecule has 0 rings (SSSR count). The van der Waals surface area contributed by atoms with Gasteiger partial charge in [-0.2, -0.15) is 6.42 Å². The first-order valence-corrected chi connectivity index (χ1v) is 32.8. The van der Waals surface area contributed by atoms with Crippen molar-refractivity contribution >= 4 is 10.4 Å². The van der Waals surface area contributed by atoms with E-state index in [0.29, 0.717) is 0 Å². The summed E-state index contributed by atoms with van der Waals surface area (Å²) in [5.41, 5.74) is 0. The minimum Gasteiger partial charge on any atom is -1.00 e. The van der Waals surface area contributed by atoms with Gasteiger partial charge in [0.05, 0.1) is 83.1 Å². The zero-order valence-corrected chi connectivity index (χ0v) is 56.7. The van der Waals surface area contributed by atoms with Crippen molar-refractivity contribution in [3.63, 3.8) is 0 Å². The van der Waals surface area contributed by atoms with E-state index in [1.54, 1.807) is 0 Å². The summed E-state index contributed by atoms with van der Waals surface area (Å²) in [6, 6.07) is 0. The zero-order valence-electron chi connectivity index (χ0n) is 53.1. The van der Waals surface area contributed by atoms with E-state index in [9.17, 15) is 0 Å². The monoisotopic (exact) mass is 1090 g/mol. The van der Waals surface area contributed by atoms with Crippen LogP contribution in [-0.2, 0) is 10.4 Å². The summed E-state index contributed by atoms with van der Waals surface area (Å²) in [6.07, 6.45) is 66.0. The molecule has 0 heterocycles. The fourth-order valence-electron chi connectivity index (χ4n) is 8.77. The average molecular weight is 1090 g/mol. The molecule has 73 heavy (non-hydrogen) atoms. The molecule has 0 aromatic carbocycles. The van der Waals surface area contributed by atoms with Crippen molar-refractivity contribution in [2.24, 2.45) is 0 Å². The Balaban J connectivity index is -0.000000154. The maximum absolute atomic E-state index is 8.52. The van der Waals surface area contributed by atoms with Crippen molar-refractivity contribution in [2.45, 2.75) is 323 Å². The summed E-state index contributed by atoms with van der Waals surface area (Å²) >= 11 is 0. The molecule has 7 nitrogen and oxygen atoms in total. The molecular formula is C63H139ClN3NaO4S. The average Bonchev–Trinajstić information content (AvgIpc) is 3.27. The molecule has 0 saturated heterocycles. The number of hydrogen-bond acceptors (Lipinski definition) is 4. The Labute approximate surface area is 492 Å². The van der Waals surface area contributed by atoms with Crippen molar-refractivity contribution < 1.29 is 72.9 Å². The van der Waals surface area contributed by atoms with Crippen LogP contribution in [0.4, 0.5) is 0 Å². The fourth-order valence-corrected chi connectivity index (χ4v) is 8.77. The third-order valence-electron chi connectivity index (χ3n) is 13.4. The molecule has 0 atom stereocenters. The molecule has 0 bridgehead atoms. The third-order valence-corrected chi connectivity index (χ3v) is 13.4. The number of unbranched alkanes of at least 4 members (excludes halogenated alkanes) is 42. The Bertz CT molecular complexity index is 942. The quantitative estimate of drug-likeness (QED) is 0.0152. The number of hydrogen-bond donors (Lipinski definition) is 0. The van der Waals surface area contributed by atoms with Gasteiger partial charge >= 0.3 is 29.6 Å². The van der Waals surface area contributed by atoms with Crippen molar-refractivity contribution in [1.82, 2.24) is 0 Å². The second-order valence-electron chi connectivity index (χ2n) is 24.8. The van der Waals surface area contributed by atoms with Crippen LogP contribution in [0.1, 0.15) is 323 Å². The van der Waals surface area contributed by atoms with Gasteiger partial charge in [0.2, 0.25) is 0 Å². The molecule has 0 aromatic rings. The van der Waals surface area contributed by atoms with Crippen LogP contribution in [0.5, 0.6) is 0 Å². The number of quaternary nitrogens is 3. The first-order valence-electron chi connectivity index (χ1n) is 31.5. The first kappa shape index (κ1) is 87.9. The number of nitrogens with zero attached hydrogens (tertiary/aromatic N) is 3. The molecule has 0 aliphatic carbocycles. The molecule has 0 spiro atoms. The minimum atomic E-state index is -5.17. The van der Waals surface area contributed by atoms with Crippen molar-refractivity contribution in [2.75, 3.05) is 83.1 Å². The van der Waals surface area contributed by atoms with Crippen LogP contribution >= 0.6 is 0 Å². The first-order chi connectivity index (χ1) is 33.6. The van der Waals surface area contributed by atoms with Crippen LogP contribution in [0, 0.1) is 6.92 Å². The Hall–Kier alpha value is 1.04. The van der Waals surface area contributed by atoms with Crippen LogP contribution < -0.4 is 42.0 Å². The van der Waals surface area contributed by atoms with Gasteiger partial charge in [-0.05, 0) is 38.5 Å². The minimum absolute atomic E-state index is 0. The van der Waals surface area contributed by atoms with Crippen molar-refractivity contribution in [3.8, 4) is 0 Å². The van der Waals surface area contributed by atoms with E-state index in [0.717, 1.165) is 19.9 Å². The third kappa shape index (κ3) is 122. The van der Waals surface area contributed by atoms with Gasteiger partial charge in [0, 0.05) is 10.4 Å². The van der Waals surface area contributed by atoms with Gasteiger partial charge in [-0.25, -0.2) is 0 Å². The molecule has 0 fully saturated rings. The van der Waals surface area contributed by atoms with Crippen molar-refractivity contribution in [3.05, 3.63) is 6.92 Å². The maximum atomic E-state index is 8.52. The summed E-state index contributed by atoms with van der Waals surface area (Å²) in [5, 5.41) is 0. The van der Waals surface area contributed by atoms with Gasteiger partial charge in [0.25, 0.3) is 0 Å². The second-order valence-corrected chi connectivity index (χ2v) is 25.6. The summed E-state index contributed by atoms with van der Waals surface area (Å²) in [5.74, 6) is 0. The second kappa shape index (κ2) is 69.1. The Kier molecular flexibility index (Phi) is 83.2. The number of rotatable bonds is 48. The molecule has 0 unspecified atom stereocenters. The van der Waals surface area contributed by atoms with Crippen LogP contribution in [0.2, 0.25) is 0 Å². The van der Waals surface area contributed by atoms with Crippen LogP contribution in [-0.4, -0.2) is 114 Å². The van der Waals surface area contributed by atoms with Gasteiger partial charge in [-0.3, -0.25) is 8.42 Å². The van der Waals surface area contributed by atoms with E-state index in [1.807, 2.05) is 0 Å². The smallest absolute Gasteiger partial charge is 1.00 e. The molecular weight excluding hydrogens is 953 g/mol. The molecule has 0 aliphatic rings. The summed E-state index contributed by atoms with van der Waals surface area (Å²) < 4.78 is 37.5. The van der Waals surface area contributed by atoms with Gasteiger partial charge in [0.15, 0.2) is 0 Å². The zero-order chi connectivity index (χ0) is 54.6. The molecule has 10 heteroatoms. The molecule has 0 aromatic heterocycles. The molecule has 0 N–H and O–H groups in total. The standard InChI is InChI=1S/3C17H38N.C12H25.ClH.Na.H2O4S/c3*1-5-6-7-8-9-10-11-12-13-14-15-16-17-18(2,3)4;1-3-5-7-9-11-12-10-8-6-4-2;;;1-5(2,3)4/h3*5-17H2,1-4H3;1,3-12H2,2H3;1H;;(H2,1,2,3,4)/q3*+1;-1;;+1;/p-3. The van der Waals surface area contributed by atoms with E-state index >= 15 is 0 Å². The summed E-state index contributed by atoms with van der Waals surface area (Å²) in [6.45, 7) is 17.0. The Morgan fingerprint density at radius 2 is 0.384 bits per heavy atom. The van der Waals surface area contributed by atoms with Gasteiger partial charge < -0.3 is 41.9 Å². The predicted octanol–water partition coefficient (Wildman–Crippen LogP) is 13.6. The number of halogens is 1. The Morgan fingerprint density at radius 1 is 0.274 bits per heavy atom. The maximum Gasteiger partial charge on any atom is 1.00 e. The SMILES string of the molecule is CCCCCCCCCCCCCC[N+](C)(C)C.CCCCCCCCCCCCCC[N+](C)(C)C.CCCCCCCCCCCCCC[N+](C)(C)C.O=S(=O)([O-])[O-].[CH2-]CCCCCCCCCCC.[Cl-].[Na+]. The largest absolute Gasteiger partial charge is 1.00 e. The van der Waals surface area contributed by atoms with E-state index in [4.69, 9.17) is 17.5 Å². The van der Waals surface area contributed by atoms with E-state index in [1.165, 1.54) is 309 Å². The van der Waals surface area contributed by atoms with Gasteiger partial charge in [-0.15, -0.1) is 0 Å². The van der Waals surface area contributed by atoms with E-state index in [-0.39, 0.29) is 42.0 Å². The van der Waals surface area contributed by atoms with Crippen LogP contribution in [0.15, 0.2) is 0 Å². The topological polar surface area (TPSA) is 80.3 Å². The molecule has 0 saturated carbocycles. The van der Waals surface area contributed by atoms with Gasteiger partial charge in [-0.1, -0.05) is 278 Å². The Morgan fingerprint density at radius 3 is 0.493 bits per heavy atom. The van der Waals surface area contributed by atoms with E-state index < -0.39 is 10.4 Å². The molecule has 0 radical (unpaired) electrons. The molecule has 0 aliphatic heterocycles. The van der Waals surface area contributed by atoms with Crippen molar-refractivity contribution in [1.29, 1.82) is 0 Å². The van der Waals surface area contributed by atoms with Crippen LogP contribution in [0.3, 0.4) is 0 Å². The summed E-state index contributed by atoms with van der Waals surface area (Å²) in [7, 11) is 15.4.